The Morgan fingerprint density at radius 1 is 1.50 bits per heavy atom. The first-order valence-electron chi connectivity index (χ1n) is 6.08. The summed E-state index contributed by atoms with van der Waals surface area (Å²) in [5.41, 5.74) is 1.09. The molecule has 2 aromatic rings. The van der Waals surface area contributed by atoms with Crippen LogP contribution in [-0.2, 0) is 7.05 Å². The lowest BCUT2D eigenvalue weighted by Gasteiger charge is -2.15. The van der Waals surface area contributed by atoms with Crippen molar-refractivity contribution in [3.8, 4) is 5.88 Å². The minimum atomic E-state index is -0.213. The van der Waals surface area contributed by atoms with Gasteiger partial charge < -0.3 is 9.64 Å². The monoisotopic (exact) mass is 294 g/mol. The zero-order valence-corrected chi connectivity index (χ0v) is 12.3. The SMILES string of the molecule is CCOc1ncc(C(=O)N(C)c2cnn(C)c2)cc1Cl. The first-order valence-corrected chi connectivity index (χ1v) is 6.45. The van der Waals surface area contributed by atoms with E-state index < -0.39 is 0 Å². The Balaban J connectivity index is 2.22. The Hall–Kier alpha value is -2.08. The highest BCUT2D eigenvalue weighted by Gasteiger charge is 2.17. The van der Waals surface area contributed by atoms with Gasteiger partial charge in [-0.2, -0.15) is 5.10 Å². The van der Waals surface area contributed by atoms with Gasteiger partial charge in [0, 0.05) is 26.5 Å². The molecule has 0 bridgehead atoms. The lowest BCUT2D eigenvalue weighted by Crippen LogP contribution is -2.26. The van der Waals surface area contributed by atoms with E-state index in [2.05, 4.69) is 10.1 Å². The molecular weight excluding hydrogens is 280 g/mol. The van der Waals surface area contributed by atoms with Crippen LogP contribution >= 0.6 is 11.6 Å². The van der Waals surface area contributed by atoms with Gasteiger partial charge in [0.2, 0.25) is 5.88 Å². The van der Waals surface area contributed by atoms with Gasteiger partial charge in [-0.05, 0) is 13.0 Å². The second-order valence-corrected chi connectivity index (χ2v) is 4.59. The van der Waals surface area contributed by atoms with Crippen LogP contribution in [0.4, 0.5) is 5.69 Å². The predicted octanol–water partition coefficient (Wildman–Crippen LogP) is 2.14. The van der Waals surface area contributed by atoms with E-state index in [-0.39, 0.29) is 5.91 Å². The largest absolute Gasteiger partial charge is 0.477 e. The summed E-state index contributed by atoms with van der Waals surface area (Å²) in [7, 11) is 3.46. The van der Waals surface area contributed by atoms with Crippen LogP contribution in [0.15, 0.2) is 24.7 Å². The fraction of sp³-hybridized carbons (Fsp3) is 0.308. The molecule has 2 aromatic heterocycles. The molecule has 0 aromatic carbocycles. The van der Waals surface area contributed by atoms with Gasteiger partial charge in [0.15, 0.2) is 0 Å². The van der Waals surface area contributed by atoms with Crippen molar-refractivity contribution in [2.24, 2.45) is 7.05 Å². The summed E-state index contributed by atoms with van der Waals surface area (Å²) in [6, 6.07) is 1.55. The molecule has 0 fully saturated rings. The van der Waals surface area contributed by atoms with Gasteiger partial charge in [0.1, 0.15) is 5.02 Å². The Labute approximate surface area is 121 Å². The summed E-state index contributed by atoms with van der Waals surface area (Å²) in [6.07, 6.45) is 4.81. The maximum atomic E-state index is 12.3. The van der Waals surface area contributed by atoms with E-state index in [0.29, 0.717) is 28.8 Å². The van der Waals surface area contributed by atoms with E-state index in [4.69, 9.17) is 16.3 Å². The van der Waals surface area contributed by atoms with E-state index in [1.54, 1.807) is 37.2 Å². The molecule has 0 N–H and O–H groups in total. The number of halogens is 1. The van der Waals surface area contributed by atoms with Crippen LogP contribution in [0.25, 0.3) is 0 Å². The average Bonchev–Trinajstić information content (AvgIpc) is 2.86. The molecule has 6 nitrogen and oxygen atoms in total. The predicted molar refractivity (Wildman–Crippen MR) is 76.4 cm³/mol. The quantitative estimate of drug-likeness (QED) is 0.867. The number of nitrogens with zero attached hydrogens (tertiary/aromatic N) is 4. The number of ether oxygens (including phenoxy) is 1. The van der Waals surface area contributed by atoms with Gasteiger partial charge >= 0.3 is 0 Å². The summed E-state index contributed by atoms with van der Waals surface area (Å²) in [4.78, 5) is 17.9. The topological polar surface area (TPSA) is 60.2 Å². The maximum absolute atomic E-state index is 12.3. The van der Waals surface area contributed by atoms with Crippen LogP contribution in [0.1, 0.15) is 17.3 Å². The third-order valence-electron chi connectivity index (χ3n) is 2.72. The van der Waals surface area contributed by atoms with Crippen molar-refractivity contribution in [1.29, 1.82) is 0 Å². The Kier molecular flexibility index (Phi) is 4.24. The van der Waals surface area contributed by atoms with Crippen LogP contribution in [-0.4, -0.2) is 34.3 Å². The molecule has 2 heterocycles. The molecule has 0 saturated heterocycles. The maximum Gasteiger partial charge on any atom is 0.259 e. The molecule has 2 rings (SSSR count). The normalized spacial score (nSPS) is 10.4. The third-order valence-corrected chi connectivity index (χ3v) is 2.99. The van der Waals surface area contributed by atoms with Gasteiger partial charge in [-0.25, -0.2) is 4.98 Å². The summed E-state index contributed by atoms with van der Waals surface area (Å²) >= 11 is 6.03. The number of aromatic nitrogens is 3. The molecule has 106 valence electrons. The molecule has 0 aliphatic heterocycles. The first-order chi connectivity index (χ1) is 9.52. The molecule has 0 unspecified atom stereocenters. The summed E-state index contributed by atoms with van der Waals surface area (Å²) in [6.45, 7) is 2.31. The van der Waals surface area contributed by atoms with Crippen molar-refractivity contribution < 1.29 is 9.53 Å². The molecule has 0 radical (unpaired) electrons. The van der Waals surface area contributed by atoms with Crippen molar-refractivity contribution in [3.63, 3.8) is 0 Å². The Morgan fingerprint density at radius 3 is 2.80 bits per heavy atom. The van der Waals surface area contributed by atoms with E-state index >= 15 is 0 Å². The molecular formula is C13H15ClN4O2. The van der Waals surface area contributed by atoms with Gasteiger partial charge in [-0.1, -0.05) is 11.6 Å². The number of aryl methyl sites for hydroxylation is 1. The highest BCUT2D eigenvalue weighted by atomic mass is 35.5. The van der Waals surface area contributed by atoms with Gasteiger partial charge in [0.05, 0.1) is 24.1 Å². The number of amides is 1. The first kappa shape index (κ1) is 14.3. The lowest BCUT2D eigenvalue weighted by molar-refractivity contribution is 0.0992. The van der Waals surface area contributed by atoms with Crippen LogP contribution < -0.4 is 9.64 Å². The number of carbonyl (C=O) groups excluding carboxylic acids is 1. The average molecular weight is 295 g/mol. The number of pyridine rings is 1. The fourth-order valence-electron chi connectivity index (χ4n) is 1.68. The second-order valence-electron chi connectivity index (χ2n) is 4.18. The summed E-state index contributed by atoms with van der Waals surface area (Å²) in [5.74, 6) is 0.116. The standard InChI is InChI=1S/C13H15ClN4O2/c1-4-20-12-11(14)5-9(6-15-12)13(19)18(3)10-7-16-17(2)8-10/h5-8H,4H2,1-3H3. The van der Waals surface area contributed by atoms with Crippen LogP contribution in [0, 0.1) is 0 Å². The highest BCUT2D eigenvalue weighted by Crippen LogP contribution is 2.23. The van der Waals surface area contributed by atoms with E-state index in [1.807, 2.05) is 6.92 Å². The number of hydrogen-bond acceptors (Lipinski definition) is 4. The summed E-state index contributed by atoms with van der Waals surface area (Å²) in [5, 5.41) is 4.35. The number of anilines is 1. The van der Waals surface area contributed by atoms with Crippen LogP contribution in [0.2, 0.25) is 5.02 Å². The Bertz CT molecular complexity index is 627. The molecule has 0 saturated carbocycles. The number of hydrogen-bond donors (Lipinski definition) is 0. The van der Waals surface area contributed by atoms with Crippen molar-refractivity contribution >= 4 is 23.2 Å². The highest BCUT2D eigenvalue weighted by molar-refractivity contribution is 6.32. The van der Waals surface area contributed by atoms with Crippen molar-refractivity contribution in [1.82, 2.24) is 14.8 Å². The van der Waals surface area contributed by atoms with Crippen molar-refractivity contribution in [2.75, 3.05) is 18.6 Å². The van der Waals surface area contributed by atoms with Gasteiger partial charge in [-0.15, -0.1) is 0 Å². The lowest BCUT2D eigenvalue weighted by atomic mass is 10.2. The molecule has 20 heavy (non-hydrogen) atoms. The van der Waals surface area contributed by atoms with E-state index in [1.165, 1.54) is 11.1 Å². The number of carbonyl (C=O) groups is 1. The van der Waals surface area contributed by atoms with Crippen LogP contribution in [0.3, 0.4) is 0 Å². The van der Waals surface area contributed by atoms with Gasteiger partial charge in [-0.3, -0.25) is 9.48 Å². The fourth-order valence-corrected chi connectivity index (χ4v) is 1.90. The Morgan fingerprint density at radius 2 is 2.25 bits per heavy atom. The molecule has 1 amide bonds. The molecule has 0 aliphatic rings. The zero-order valence-electron chi connectivity index (χ0n) is 11.5. The zero-order chi connectivity index (χ0) is 14.7. The van der Waals surface area contributed by atoms with Crippen LogP contribution in [0.5, 0.6) is 5.88 Å². The third kappa shape index (κ3) is 2.91. The minimum absolute atomic E-state index is 0.213. The van der Waals surface area contributed by atoms with Gasteiger partial charge in [0.25, 0.3) is 5.91 Å². The molecule has 0 spiro atoms. The summed E-state index contributed by atoms with van der Waals surface area (Å²) < 4.78 is 6.87. The molecule has 7 heteroatoms. The molecule has 0 atom stereocenters. The smallest absolute Gasteiger partial charge is 0.259 e. The minimum Gasteiger partial charge on any atom is -0.477 e. The van der Waals surface area contributed by atoms with Crippen molar-refractivity contribution in [2.45, 2.75) is 6.92 Å². The van der Waals surface area contributed by atoms with E-state index in [0.717, 1.165) is 0 Å². The number of rotatable bonds is 4. The second kappa shape index (κ2) is 5.92. The van der Waals surface area contributed by atoms with Crippen molar-refractivity contribution in [3.05, 3.63) is 35.2 Å². The molecule has 0 aliphatic carbocycles. The van der Waals surface area contributed by atoms with E-state index in [9.17, 15) is 4.79 Å².